The monoisotopic (exact) mass is 285 g/mol. The average molecular weight is 285 g/mol. The Bertz CT molecular complexity index is 499. The molecule has 1 aromatic carbocycles. The Morgan fingerprint density at radius 3 is 2.42 bits per heavy atom. The highest BCUT2D eigenvalue weighted by molar-refractivity contribution is 7.89. The van der Waals surface area contributed by atoms with Crippen LogP contribution in [0.1, 0.15) is 18.9 Å². The molecule has 0 spiro atoms. The van der Waals surface area contributed by atoms with Crippen molar-refractivity contribution < 1.29 is 17.9 Å². The summed E-state index contributed by atoms with van der Waals surface area (Å²) in [6.45, 7) is 1.71. The highest BCUT2D eigenvalue weighted by atomic mass is 32.2. The van der Waals surface area contributed by atoms with Crippen LogP contribution in [-0.4, -0.2) is 38.1 Å². The van der Waals surface area contributed by atoms with Gasteiger partial charge >= 0.3 is 5.97 Å². The fourth-order valence-corrected chi connectivity index (χ4v) is 3.06. The first-order valence-corrected chi connectivity index (χ1v) is 7.69. The largest absolute Gasteiger partial charge is 0.468 e. The van der Waals surface area contributed by atoms with E-state index in [0.29, 0.717) is 6.42 Å². The van der Waals surface area contributed by atoms with Gasteiger partial charge in [0.15, 0.2) is 0 Å². The number of hydrogen-bond acceptors (Lipinski definition) is 4. The number of ether oxygens (including phenoxy) is 1. The van der Waals surface area contributed by atoms with Gasteiger partial charge in [-0.1, -0.05) is 37.3 Å². The molecule has 0 aliphatic carbocycles. The van der Waals surface area contributed by atoms with E-state index in [0.717, 1.165) is 9.87 Å². The SMILES string of the molecule is CCCS(=O)(=O)N(CC(=O)OC)Cc1ccccc1. The van der Waals surface area contributed by atoms with Crippen LogP contribution in [0, 0.1) is 0 Å². The molecule has 0 heterocycles. The molecule has 0 unspecified atom stereocenters. The van der Waals surface area contributed by atoms with Crippen LogP contribution in [0.5, 0.6) is 0 Å². The standard InChI is InChI=1S/C13H19NO4S/c1-3-9-19(16,17)14(11-13(15)18-2)10-12-7-5-4-6-8-12/h4-8H,3,9-11H2,1-2H3. The van der Waals surface area contributed by atoms with Gasteiger partial charge in [0.2, 0.25) is 10.0 Å². The molecule has 106 valence electrons. The molecule has 0 amide bonds. The minimum absolute atomic E-state index is 0.0246. The molecule has 0 atom stereocenters. The molecule has 1 rings (SSSR count). The van der Waals surface area contributed by atoms with Gasteiger partial charge in [0, 0.05) is 6.54 Å². The second kappa shape index (κ2) is 7.25. The Morgan fingerprint density at radius 1 is 1.26 bits per heavy atom. The smallest absolute Gasteiger partial charge is 0.321 e. The zero-order valence-corrected chi connectivity index (χ0v) is 12.0. The van der Waals surface area contributed by atoms with Gasteiger partial charge in [0.25, 0.3) is 0 Å². The van der Waals surface area contributed by atoms with Crippen LogP contribution in [0.25, 0.3) is 0 Å². The molecule has 19 heavy (non-hydrogen) atoms. The maximum absolute atomic E-state index is 12.1. The first kappa shape index (κ1) is 15.7. The lowest BCUT2D eigenvalue weighted by Gasteiger charge is -2.20. The van der Waals surface area contributed by atoms with E-state index in [1.54, 1.807) is 6.92 Å². The minimum atomic E-state index is -3.44. The summed E-state index contributed by atoms with van der Waals surface area (Å²) in [4.78, 5) is 11.3. The van der Waals surface area contributed by atoms with Crippen LogP contribution in [0.4, 0.5) is 0 Å². The predicted octanol–water partition coefficient (Wildman–Crippen LogP) is 1.40. The summed E-state index contributed by atoms with van der Waals surface area (Å²) in [6, 6.07) is 9.17. The molecule has 0 saturated heterocycles. The lowest BCUT2D eigenvalue weighted by molar-refractivity contribution is -0.140. The van der Waals surface area contributed by atoms with Gasteiger partial charge in [-0.25, -0.2) is 8.42 Å². The highest BCUT2D eigenvalue weighted by Gasteiger charge is 2.24. The molecule has 0 saturated carbocycles. The van der Waals surface area contributed by atoms with E-state index in [2.05, 4.69) is 4.74 Å². The van der Waals surface area contributed by atoms with Crippen LogP contribution >= 0.6 is 0 Å². The summed E-state index contributed by atoms with van der Waals surface area (Å²) in [6.07, 6.45) is 0.509. The fourth-order valence-electron chi connectivity index (χ4n) is 1.64. The van der Waals surface area contributed by atoms with E-state index >= 15 is 0 Å². The molecule has 0 bridgehead atoms. The lowest BCUT2D eigenvalue weighted by Crippen LogP contribution is -2.37. The third-order valence-corrected chi connectivity index (χ3v) is 4.56. The summed E-state index contributed by atoms with van der Waals surface area (Å²) >= 11 is 0. The summed E-state index contributed by atoms with van der Waals surface area (Å²) in [5, 5.41) is 0. The minimum Gasteiger partial charge on any atom is -0.468 e. The topological polar surface area (TPSA) is 63.7 Å². The number of nitrogens with zero attached hydrogens (tertiary/aromatic N) is 1. The molecule has 6 heteroatoms. The fraction of sp³-hybridized carbons (Fsp3) is 0.462. The number of methoxy groups -OCH3 is 1. The summed E-state index contributed by atoms with van der Waals surface area (Å²) in [5.74, 6) is -0.535. The third kappa shape index (κ3) is 5.00. The Balaban J connectivity index is 2.89. The first-order valence-electron chi connectivity index (χ1n) is 6.08. The Kier molecular flexibility index (Phi) is 5.98. The number of esters is 1. The van der Waals surface area contributed by atoms with Crippen molar-refractivity contribution in [1.82, 2.24) is 4.31 Å². The third-order valence-electron chi connectivity index (χ3n) is 2.59. The van der Waals surface area contributed by atoms with Crippen molar-refractivity contribution in [2.24, 2.45) is 0 Å². The maximum atomic E-state index is 12.1. The van der Waals surface area contributed by atoms with Crippen molar-refractivity contribution in [3.8, 4) is 0 Å². The molecular formula is C13H19NO4S. The van der Waals surface area contributed by atoms with E-state index in [9.17, 15) is 13.2 Å². The second-order valence-corrected chi connectivity index (χ2v) is 6.23. The van der Waals surface area contributed by atoms with Crippen LogP contribution < -0.4 is 0 Å². The summed E-state index contributed by atoms with van der Waals surface area (Å²) < 4.78 is 29.9. The first-order chi connectivity index (χ1) is 8.99. The quantitative estimate of drug-likeness (QED) is 0.710. The maximum Gasteiger partial charge on any atom is 0.321 e. The lowest BCUT2D eigenvalue weighted by atomic mass is 10.2. The van der Waals surface area contributed by atoms with E-state index in [1.807, 2.05) is 30.3 Å². The summed E-state index contributed by atoms with van der Waals surface area (Å²) in [5.41, 5.74) is 0.839. The number of rotatable bonds is 7. The molecule has 0 radical (unpaired) electrons. The molecular weight excluding hydrogens is 266 g/mol. The molecule has 0 aliphatic heterocycles. The highest BCUT2D eigenvalue weighted by Crippen LogP contribution is 2.11. The van der Waals surface area contributed by atoms with Crippen LogP contribution in [-0.2, 0) is 26.1 Å². The van der Waals surface area contributed by atoms with Gasteiger partial charge < -0.3 is 4.74 Å². The van der Waals surface area contributed by atoms with Crippen molar-refractivity contribution in [3.63, 3.8) is 0 Å². The van der Waals surface area contributed by atoms with Gasteiger partial charge in [-0.15, -0.1) is 0 Å². The Morgan fingerprint density at radius 2 is 1.89 bits per heavy atom. The number of hydrogen-bond donors (Lipinski definition) is 0. The van der Waals surface area contributed by atoms with Gasteiger partial charge in [-0.05, 0) is 12.0 Å². The van der Waals surface area contributed by atoms with Gasteiger partial charge in [0.05, 0.1) is 12.9 Å². The zero-order valence-electron chi connectivity index (χ0n) is 11.2. The Labute approximate surface area is 114 Å². The molecule has 0 N–H and O–H groups in total. The van der Waals surface area contributed by atoms with Crippen molar-refractivity contribution in [1.29, 1.82) is 0 Å². The van der Waals surface area contributed by atoms with Crippen molar-refractivity contribution in [2.75, 3.05) is 19.4 Å². The van der Waals surface area contributed by atoms with Crippen LogP contribution in [0.15, 0.2) is 30.3 Å². The molecule has 5 nitrogen and oxygen atoms in total. The normalized spacial score (nSPS) is 11.5. The van der Waals surface area contributed by atoms with Gasteiger partial charge in [0.1, 0.15) is 6.54 Å². The van der Waals surface area contributed by atoms with Gasteiger partial charge in [-0.3, -0.25) is 4.79 Å². The average Bonchev–Trinajstić information content (AvgIpc) is 2.39. The molecule has 0 aliphatic rings. The van der Waals surface area contributed by atoms with Crippen LogP contribution in [0.3, 0.4) is 0 Å². The number of benzene rings is 1. The van der Waals surface area contributed by atoms with E-state index in [-0.39, 0.29) is 18.8 Å². The Hall–Kier alpha value is -1.40. The van der Waals surface area contributed by atoms with Crippen molar-refractivity contribution >= 4 is 16.0 Å². The molecule has 0 aromatic heterocycles. The number of carbonyl (C=O) groups excluding carboxylic acids is 1. The predicted molar refractivity (Wildman–Crippen MR) is 72.9 cm³/mol. The zero-order chi connectivity index (χ0) is 14.3. The van der Waals surface area contributed by atoms with Crippen LogP contribution in [0.2, 0.25) is 0 Å². The summed E-state index contributed by atoms with van der Waals surface area (Å²) in [7, 11) is -2.20. The van der Waals surface area contributed by atoms with Gasteiger partial charge in [-0.2, -0.15) is 4.31 Å². The van der Waals surface area contributed by atoms with E-state index < -0.39 is 16.0 Å². The van der Waals surface area contributed by atoms with E-state index in [1.165, 1.54) is 7.11 Å². The van der Waals surface area contributed by atoms with Crippen molar-refractivity contribution in [3.05, 3.63) is 35.9 Å². The number of sulfonamides is 1. The number of carbonyl (C=O) groups is 1. The molecule has 1 aromatic rings. The van der Waals surface area contributed by atoms with E-state index in [4.69, 9.17) is 0 Å². The molecule has 0 fully saturated rings. The van der Waals surface area contributed by atoms with Crippen molar-refractivity contribution in [2.45, 2.75) is 19.9 Å². The second-order valence-electron chi connectivity index (χ2n) is 4.15.